The Hall–Kier alpha value is -1.91. The van der Waals surface area contributed by atoms with Crippen LogP contribution in [0, 0.1) is 5.92 Å². The summed E-state index contributed by atoms with van der Waals surface area (Å²) < 4.78 is 0. The Morgan fingerprint density at radius 1 is 1.43 bits per heavy atom. The van der Waals surface area contributed by atoms with E-state index >= 15 is 0 Å². The van der Waals surface area contributed by atoms with Gasteiger partial charge in [-0.1, -0.05) is 19.4 Å². The number of amides is 2. The van der Waals surface area contributed by atoms with Crippen LogP contribution in [0.15, 0.2) is 24.4 Å². The van der Waals surface area contributed by atoms with Gasteiger partial charge >= 0.3 is 0 Å². The first-order valence-corrected chi connectivity index (χ1v) is 8.54. The lowest BCUT2D eigenvalue weighted by Crippen LogP contribution is -2.47. The van der Waals surface area contributed by atoms with Crippen molar-refractivity contribution in [2.24, 2.45) is 5.92 Å². The second kappa shape index (κ2) is 8.65. The van der Waals surface area contributed by atoms with Gasteiger partial charge in [0.1, 0.15) is 0 Å². The number of hydrogen-bond donors (Lipinski definition) is 0. The van der Waals surface area contributed by atoms with Crippen LogP contribution in [0.3, 0.4) is 0 Å². The van der Waals surface area contributed by atoms with E-state index in [1.54, 1.807) is 6.20 Å². The Balaban J connectivity index is 1.88. The lowest BCUT2D eigenvalue weighted by Gasteiger charge is -2.33. The van der Waals surface area contributed by atoms with Gasteiger partial charge in [0, 0.05) is 51.4 Å². The highest BCUT2D eigenvalue weighted by molar-refractivity contribution is 5.83. The van der Waals surface area contributed by atoms with Gasteiger partial charge in [0.2, 0.25) is 11.8 Å². The molecule has 0 saturated carbocycles. The average molecular weight is 317 g/mol. The van der Waals surface area contributed by atoms with E-state index in [1.165, 1.54) is 0 Å². The van der Waals surface area contributed by atoms with Gasteiger partial charge in [-0.2, -0.15) is 0 Å². The zero-order valence-electron chi connectivity index (χ0n) is 14.2. The zero-order chi connectivity index (χ0) is 16.7. The fourth-order valence-corrected chi connectivity index (χ4v) is 2.95. The summed E-state index contributed by atoms with van der Waals surface area (Å²) in [6.45, 7) is 4.10. The van der Waals surface area contributed by atoms with Crippen LogP contribution in [0.4, 0.5) is 0 Å². The number of unbranched alkanes of at least 4 members (excludes halogenated alkanes) is 1. The van der Waals surface area contributed by atoms with Gasteiger partial charge in [0.15, 0.2) is 0 Å². The lowest BCUT2D eigenvalue weighted by molar-refractivity contribution is -0.142. The maximum Gasteiger partial charge on any atom is 0.227 e. The maximum atomic E-state index is 12.5. The SMILES string of the molecule is CCCCN(C)C(=O)[C@H]1CCC(=O)N(CCc2ccccn2)C1. The molecule has 0 bridgehead atoms. The van der Waals surface area contributed by atoms with Gasteiger partial charge in [-0.05, 0) is 25.0 Å². The quantitative estimate of drug-likeness (QED) is 0.774. The van der Waals surface area contributed by atoms with E-state index in [9.17, 15) is 9.59 Å². The van der Waals surface area contributed by atoms with Crippen LogP contribution in [-0.4, -0.2) is 53.3 Å². The minimum atomic E-state index is -0.0571. The Labute approximate surface area is 138 Å². The largest absolute Gasteiger partial charge is 0.345 e. The van der Waals surface area contributed by atoms with Crippen molar-refractivity contribution in [3.8, 4) is 0 Å². The van der Waals surface area contributed by atoms with E-state index in [0.717, 1.165) is 31.5 Å². The first-order chi connectivity index (χ1) is 11.1. The summed E-state index contributed by atoms with van der Waals surface area (Å²) in [5.41, 5.74) is 0.980. The van der Waals surface area contributed by atoms with Crippen LogP contribution in [0.25, 0.3) is 0 Å². The van der Waals surface area contributed by atoms with Gasteiger partial charge < -0.3 is 9.80 Å². The predicted molar refractivity (Wildman–Crippen MR) is 89.8 cm³/mol. The minimum absolute atomic E-state index is 0.0571. The molecule has 126 valence electrons. The third-order valence-corrected chi connectivity index (χ3v) is 4.44. The van der Waals surface area contributed by atoms with Crippen molar-refractivity contribution >= 4 is 11.8 Å². The second-order valence-electron chi connectivity index (χ2n) is 6.26. The molecule has 1 aromatic rings. The zero-order valence-corrected chi connectivity index (χ0v) is 14.2. The van der Waals surface area contributed by atoms with Crippen molar-refractivity contribution in [3.63, 3.8) is 0 Å². The van der Waals surface area contributed by atoms with Crippen LogP contribution in [-0.2, 0) is 16.0 Å². The number of piperidine rings is 1. The molecule has 1 fully saturated rings. The van der Waals surface area contributed by atoms with Crippen LogP contribution < -0.4 is 0 Å². The van der Waals surface area contributed by atoms with Gasteiger partial charge in [-0.25, -0.2) is 0 Å². The molecule has 2 rings (SSSR count). The maximum absolute atomic E-state index is 12.5. The van der Waals surface area contributed by atoms with E-state index in [1.807, 2.05) is 35.0 Å². The Bertz CT molecular complexity index is 518. The molecular formula is C18H27N3O2. The molecule has 1 saturated heterocycles. The number of carbonyl (C=O) groups excluding carboxylic acids is 2. The van der Waals surface area contributed by atoms with Crippen molar-refractivity contribution in [3.05, 3.63) is 30.1 Å². The number of hydrogen-bond acceptors (Lipinski definition) is 3. The number of rotatable bonds is 7. The number of likely N-dealkylation sites (tertiary alicyclic amines) is 1. The molecular weight excluding hydrogens is 290 g/mol. The fraction of sp³-hybridized carbons (Fsp3) is 0.611. The molecule has 0 unspecified atom stereocenters. The van der Waals surface area contributed by atoms with E-state index < -0.39 is 0 Å². The van der Waals surface area contributed by atoms with Gasteiger partial charge in [0.25, 0.3) is 0 Å². The third-order valence-electron chi connectivity index (χ3n) is 4.44. The molecule has 1 aromatic heterocycles. The summed E-state index contributed by atoms with van der Waals surface area (Å²) in [5, 5.41) is 0. The molecule has 2 amide bonds. The first-order valence-electron chi connectivity index (χ1n) is 8.54. The molecule has 0 radical (unpaired) electrons. The fourth-order valence-electron chi connectivity index (χ4n) is 2.95. The number of pyridine rings is 1. The predicted octanol–water partition coefficient (Wildman–Crippen LogP) is 2.12. The molecule has 23 heavy (non-hydrogen) atoms. The molecule has 1 aliphatic heterocycles. The Morgan fingerprint density at radius 3 is 2.96 bits per heavy atom. The number of aromatic nitrogens is 1. The van der Waals surface area contributed by atoms with Crippen molar-refractivity contribution in [1.82, 2.24) is 14.8 Å². The average Bonchev–Trinajstić information content (AvgIpc) is 2.59. The molecule has 5 heteroatoms. The van der Waals surface area contributed by atoms with Crippen molar-refractivity contribution in [1.29, 1.82) is 0 Å². The standard InChI is InChI=1S/C18H27N3O2/c1-3-4-12-20(2)18(23)15-8-9-17(22)21(14-15)13-10-16-7-5-6-11-19-16/h5-7,11,15H,3-4,8-10,12-14H2,1-2H3/t15-/m0/s1. The van der Waals surface area contributed by atoms with Crippen LogP contribution in [0.2, 0.25) is 0 Å². The topological polar surface area (TPSA) is 53.5 Å². The van der Waals surface area contributed by atoms with Crippen LogP contribution in [0.5, 0.6) is 0 Å². The van der Waals surface area contributed by atoms with Gasteiger partial charge in [-0.15, -0.1) is 0 Å². The van der Waals surface area contributed by atoms with Crippen molar-refractivity contribution < 1.29 is 9.59 Å². The summed E-state index contributed by atoms with van der Waals surface area (Å²) in [4.78, 5) is 32.6. The molecule has 5 nitrogen and oxygen atoms in total. The summed E-state index contributed by atoms with van der Waals surface area (Å²) in [6.07, 6.45) is 5.75. The molecule has 2 heterocycles. The lowest BCUT2D eigenvalue weighted by atomic mass is 9.95. The van der Waals surface area contributed by atoms with Crippen LogP contribution in [0.1, 0.15) is 38.3 Å². The van der Waals surface area contributed by atoms with Gasteiger partial charge in [0.05, 0.1) is 5.92 Å². The molecule has 0 spiro atoms. The summed E-state index contributed by atoms with van der Waals surface area (Å²) in [6, 6.07) is 5.81. The smallest absolute Gasteiger partial charge is 0.227 e. The number of nitrogens with zero attached hydrogens (tertiary/aromatic N) is 3. The molecule has 1 aliphatic rings. The van der Waals surface area contributed by atoms with E-state index in [2.05, 4.69) is 11.9 Å². The third kappa shape index (κ3) is 5.05. The van der Waals surface area contributed by atoms with E-state index in [4.69, 9.17) is 0 Å². The molecule has 0 N–H and O–H groups in total. The summed E-state index contributed by atoms with van der Waals surface area (Å²) >= 11 is 0. The Kier molecular flexibility index (Phi) is 6.56. The molecule has 0 aliphatic carbocycles. The second-order valence-corrected chi connectivity index (χ2v) is 6.26. The summed E-state index contributed by atoms with van der Waals surface area (Å²) in [5.74, 6) is 0.272. The summed E-state index contributed by atoms with van der Waals surface area (Å²) in [7, 11) is 1.87. The van der Waals surface area contributed by atoms with E-state index in [-0.39, 0.29) is 17.7 Å². The van der Waals surface area contributed by atoms with Crippen molar-refractivity contribution in [2.75, 3.05) is 26.7 Å². The minimum Gasteiger partial charge on any atom is -0.345 e. The first kappa shape index (κ1) is 17.4. The van der Waals surface area contributed by atoms with Crippen LogP contribution >= 0.6 is 0 Å². The van der Waals surface area contributed by atoms with Gasteiger partial charge in [-0.3, -0.25) is 14.6 Å². The normalized spacial score (nSPS) is 18.1. The molecule has 0 aromatic carbocycles. The van der Waals surface area contributed by atoms with Crippen molar-refractivity contribution in [2.45, 2.75) is 39.0 Å². The highest BCUT2D eigenvalue weighted by Crippen LogP contribution is 2.20. The monoisotopic (exact) mass is 317 g/mol. The Morgan fingerprint density at radius 2 is 2.26 bits per heavy atom. The molecule has 1 atom stereocenters. The highest BCUT2D eigenvalue weighted by atomic mass is 16.2. The number of carbonyl (C=O) groups is 2. The van der Waals surface area contributed by atoms with E-state index in [0.29, 0.717) is 25.9 Å². The highest BCUT2D eigenvalue weighted by Gasteiger charge is 2.31.